The summed E-state index contributed by atoms with van der Waals surface area (Å²) in [5.41, 5.74) is 3.50. The SMILES string of the molecule is Cn1/c(=N\NC(=O)c2cccc([N+](=O)[O-])c2)sc2ccccc21. The Morgan fingerprint density at radius 1 is 1.26 bits per heavy atom. The van der Waals surface area contributed by atoms with Crippen molar-refractivity contribution in [1.82, 2.24) is 9.99 Å². The molecule has 0 aliphatic heterocycles. The molecule has 1 aromatic heterocycles. The van der Waals surface area contributed by atoms with E-state index in [0.29, 0.717) is 4.80 Å². The van der Waals surface area contributed by atoms with E-state index in [1.807, 2.05) is 35.9 Å². The summed E-state index contributed by atoms with van der Waals surface area (Å²) in [7, 11) is 1.86. The summed E-state index contributed by atoms with van der Waals surface area (Å²) in [6, 6.07) is 13.3. The van der Waals surface area contributed by atoms with E-state index < -0.39 is 10.8 Å². The number of para-hydroxylation sites is 1. The third-order valence-corrected chi connectivity index (χ3v) is 4.40. The summed E-state index contributed by atoms with van der Waals surface area (Å²) in [5.74, 6) is -0.494. The Balaban J connectivity index is 1.89. The first-order valence-electron chi connectivity index (χ1n) is 6.69. The summed E-state index contributed by atoms with van der Waals surface area (Å²) < 4.78 is 2.92. The van der Waals surface area contributed by atoms with Crippen LogP contribution in [0.15, 0.2) is 53.6 Å². The Hall–Kier alpha value is -3.00. The molecule has 0 bridgehead atoms. The van der Waals surface area contributed by atoms with Crippen molar-refractivity contribution in [3.63, 3.8) is 0 Å². The van der Waals surface area contributed by atoms with Crippen molar-refractivity contribution in [2.24, 2.45) is 12.1 Å². The number of rotatable bonds is 3. The number of hydrogen-bond acceptors (Lipinski definition) is 5. The summed E-state index contributed by atoms with van der Waals surface area (Å²) in [6.07, 6.45) is 0. The third kappa shape index (κ3) is 2.97. The number of nitro groups is 1. The van der Waals surface area contributed by atoms with E-state index >= 15 is 0 Å². The minimum Gasteiger partial charge on any atom is -0.318 e. The number of aryl methyl sites for hydroxylation is 1. The van der Waals surface area contributed by atoms with Gasteiger partial charge in [0, 0.05) is 24.7 Å². The highest BCUT2D eigenvalue weighted by Gasteiger charge is 2.11. The van der Waals surface area contributed by atoms with Gasteiger partial charge in [0.05, 0.1) is 15.1 Å². The number of benzene rings is 2. The lowest BCUT2D eigenvalue weighted by atomic mass is 10.2. The van der Waals surface area contributed by atoms with Gasteiger partial charge in [-0.05, 0) is 18.2 Å². The standard InChI is InChI=1S/C15H12N4O3S/c1-18-12-7-2-3-8-13(12)23-15(18)17-16-14(20)10-5-4-6-11(9-10)19(21)22/h2-9H,1H3,(H,16,20)/b17-15+. The van der Waals surface area contributed by atoms with Crippen LogP contribution in [0.2, 0.25) is 0 Å². The van der Waals surface area contributed by atoms with Crippen LogP contribution in [-0.4, -0.2) is 15.4 Å². The van der Waals surface area contributed by atoms with Crippen molar-refractivity contribution in [3.05, 3.63) is 69.0 Å². The number of nitrogens with zero attached hydrogens (tertiary/aromatic N) is 3. The fraction of sp³-hybridized carbons (Fsp3) is 0.0667. The van der Waals surface area contributed by atoms with Gasteiger partial charge >= 0.3 is 0 Å². The van der Waals surface area contributed by atoms with Crippen molar-refractivity contribution in [2.45, 2.75) is 0 Å². The Labute approximate surface area is 134 Å². The van der Waals surface area contributed by atoms with E-state index in [2.05, 4.69) is 10.5 Å². The fourth-order valence-electron chi connectivity index (χ4n) is 2.11. The maximum Gasteiger partial charge on any atom is 0.271 e. The molecule has 3 aromatic rings. The van der Waals surface area contributed by atoms with Crippen LogP contribution >= 0.6 is 11.3 Å². The maximum atomic E-state index is 12.1. The number of thiazole rings is 1. The van der Waals surface area contributed by atoms with Crippen LogP contribution in [0.5, 0.6) is 0 Å². The highest BCUT2D eigenvalue weighted by molar-refractivity contribution is 7.16. The van der Waals surface area contributed by atoms with Gasteiger partial charge in [-0.3, -0.25) is 14.9 Å². The molecule has 0 aliphatic rings. The van der Waals surface area contributed by atoms with Gasteiger partial charge in [0.25, 0.3) is 11.6 Å². The van der Waals surface area contributed by atoms with E-state index in [1.54, 1.807) is 0 Å². The molecule has 23 heavy (non-hydrogen) atoms. The van der Waals surface area contributed by atoms with Gasteiger partial charge in [-0.25, -0.2) is 5.43 Å². The highest BCUT2D eigenvalue weighted by Crippen LogP contribution is 2.15. The Morgan fingerprint density at radius 3 is 2.78 bits per heavy atom. The Morgan fingerprint density at radius 2 is 2.04 bits per heavy atom. The predicted molar refractivity (Wildman–Crippen MR) is 86.9 cm³/mol. The van der Waals surface area contributed by atoms with Crippen molar-refractivity contribution >= 4 is 33.1 Å². The van der Waals surface area contributed by atoms with Crippen molar-refractivity contribution in [2.75, 3.05) is 0 Å². The van der Waals surface area contributed by atoms with Gasteiger partial charge in [0.1, 0.15) is 0 Å². The van der Waals surface area contributed by atoms with Crippen molar-refractivity contribution in [3.8, 4) is 0 Å². The number of amides is 1. The number of nitro benzene ring substituents is 1. The van der Waals surface area contributed by atoms with Crippen LogP contribution in [0.1, 0.15) is 10.4 Å². The molecule has 2 aromatic carbocycles. The second kappa shape index (κ2) is 6.01. The molecule has 1 N–H and O–H groups in total. The summed E-state index contributed by atoms with van der Waals surface area (Å²) in [4.78, 5) is 22.9. The van der Waals surface area contributed by atoms with Gasteiger partial charge < -0.3 is 4.57 Å². The lowest BCUT2D eigenvalue weighted by Crippen LogP contribution is -2.23. The molecule has 1 heterocycles. The minimum atomic E-state index is -0.542. The molecule has 1 amide bonds. The van der Waals surface area contributed by atoms with Gasteiger partial charge in [0.15, 0.2) is 0 Å². The molecule has 0 saturated heterocycles. The molecule has 0 atom stereocenters. The second-order valence-corrected chi connectivity index (χ2v) is 5.78. The van der Waals surface area contributed by atoms with Crippen LogP contribution in [0.4, 0.5) is 5.69 Å². The summed E-state index contributed by atoms with van der Waals surface area (Å²) >= 11 is 1.44. The summed E-state index contributed by atoms with van der Waals surface area (Å²) in [5, 5.41) is 14.9. The number of carbonyl (C=O) groups excluding carboxylic acids is 1. The van der Waals surface area contributed by atoms with Crippen LogP contribution < -0.4 is 10.2 Å². The van der Waals surface area contributed by atoms with Gasteiger partial charge in [-0.2, -0.15) is 0 Å². The number of nitrogens with one attached hydrogen (secondary N) is 1. The van der Waals surface area contributed by atoms with Gasteiger partial charge in [0.2, 0.25) is 4.80 Å². The van der Waals surface area contributed by atoms with Crippen LogP contribution in [0.3, 0.4) is 0 Å². The first kappa shape index (κ1) is 14.9. The molecular formula is C15H12N4O3S. The normalized spacial score (nSPS) is 11.6. The molecule has 0 aliphatic carbocycles. The molecule has 0 radical (unpaired) electrons. The summed E-state index contributed by atoms with van der Waals surface area (Å²) in [6.45, 7) is 0. The number of carbonyl (C=O) groups is 1. The Kier molecular flexibility index (Phi) is 3.90. The van der Waals surface area contributed by atoms with Gasteiger partial charge in [-0.15, -0.1) is 5.10 Å². The molecule has 116 valence electrons. The van der Waals surface area contributed by atoms with Crippen LogP contribution in [0.25, 0.3) is 10.2 Å². The topological polar surface area (TPSA) is 89.5 Å². The zero-order valence-electron chi connectivity index (χ0n) is 12.1. The third-order valence-electron chi connectivity index (χ3n) is 3.29. The molecular weight excluding hydrogens is 316 g/mol. The molecule has 0 spiro atoms. The lowest BCUT2D eigenvalue weighted by Gasteiger charge is -1.99. The molecule has 7 nitrogen and oxygen atoms in total. The number of aromatic nitrogens is 1. The first-order valence-corrected chi connectivity index (χ1v) is 7.51. The molecule has 3 rings (SSSR count). The van der Waals surface area contributed by atoms with E-state index in [9.17, 15) is 14.9 Å². The molecule has 0 unspecified atom stereocenters. The highest BCUT2D eigenvalue weighted by atomic mass is 32.1. The largest absolute Gasteiger partial charge is 0.318 e. The lowest BCUT2D eigenvalue weighted by molar-refractivity contribution is -0.384. The van der Waals surface area contributed by atoms with Crippen molar-refractivity contribution in [1.29, 1.82) is 0 Å². The van der Waals surface area contributed by atoms with E-state index in [0.717, 1.165) is 10.2 Å². The van der Waals surface area contributed by atoms with E-state index in [-0.39, 0.29) is 11.3 Å². The van der Waals surface area contributed by atoms with E-state index in [1.165, 1.54) is 35.6 Å². The number of fused-ring (bicyclic) bond motifs is 1. The Bertz CT molecular complexity index is 974. The van der Waals surface area contributed by atoms with Crippen LogP contribution in [-0.2, 0) is 7.05 Å². The smallest absolute Gasteiger partial charge is 0.271 e. The average molecular weight is 328 g/mol. The molecule has 8 heteroatoms. The number of hydrogen-bond donors (Lipinski definition) is 1. The molecule has 0 saturated carbocycles. The zero-order chi connectivity index (χ0) is 16.4. The predicted octanol–water partition coefficient (Wildman–Crippen LogP) is 2.39. The quantitative estimate of drug-likeness (QED) is 0.591. The van der Waals surface area contributed by atoms with Crippen molar-refractivity contribution < 1.29 is 9.72 Å². The second-order valence-electron chi connectivity index (χ2n) is 4.77. The average Bonchev–Trinajstić information content (AvgIpc) is 2.89. The number of non-ortho nitro benzene ring substituents is 1. The maximum absolute atomic E-state index is 12.1. The fourth-order valence-corrected chi connectivity index (χ4v) is 3.09. The first-order chi connectivity index (χ1) is 11.1. The minimum absolute atomic E-state index is 0.134. The monoisotopic (exact) mass is 328 g/mol. The molecule has 0 fully saturated rings. The zero-order valence-corrected chi connectivity index (χ0v) is 12.9. The van der Waals surface area contributed by atoms with E-state index in [4.69, 9.17) is 0 Å². The van der Waals surface area contributed by atoms with Gasteiger partial charge in [-0.1, -0.05) is 29.5 Å². The van der Waals surface area contributed by atoms with Crippen LogP contribution in [0, 0.1) is 10.1 Å².